The molecule has 2 heteroatoms. The molecular weight excluding hydrogens is 364 g/mol. The van der Waals surface area contributed by atoms with Crippen molar-refractivity contribution in [2.75, 3.05) is 26.2 Å². The lowest BCUT2D eigenvalue weighted by atomic mass is 10.1. The Morgan fingerprint density at radius 3 is 1.33 bits per heavy atom. The lowest BCUT2D eigenvalue weighted by Gasteiger charge is -2.23. The molecule has 0 aromatic heterocycles. The molecule has 0 N–H and O–H groups in total. The van der Waals surface area contributed by atoms with Crippen LogP contribution in [0.15, 0.2) is 24.3 Å². The van der Waals surface area contributed by atoms with Crippen LogP contribution in [0.2, 0.25) is 0 Å². The van der Waals surface area contributed by atoms with Gasteiger partial charge in [-0.15, -0.1) is 0 Å². The number of hydrogen-bond donors (Lipinski definition) is 0. The summed E-state index contributed by atoms with van der Waals surface area (Å²) >= 11 is 0. The molecule has 0 radical (unpaired) electrons. The van der Waals surface area contributed by atoms with Crippen LogP contribution < -0.4 is 0 Å². The van der Waals surface area contributed by atoms with Gasteiger partial charge in [0.15, 0.2) is 0 Å². The summed E-state index contributed by atoms with van der Waals surface area (Å²) in [5.74, 6) is 0. The molecule has 0 saturated carbocycles. The van der Waals surface area contributed by atoms with Crippen LogP contribution in [0.5, 0.6) is 0 Å². The van der Waals surface area contributed by atoms with E-state index < -0.39 is 0 Å². The second kappa shape index (κ2) is 18.9. The van der Waals surface area contributed by atoms with Crippen LogP contribution in [-0.2, 0) is 13.1 Å². The highest BCUT2D eigenvalue weighted by Crippen LogP contribution is 2.13. The number of rotatable bonds is 20. The summed E-state index contributed by atoms with van der Waals surface area (Å²) in [6, 6.07) is 9.35. The van der Waals surface area contributed by atoms with Crippen molar-refractivity contribution in [1.82, 2.24) is 9.80 Å². The van der Waals surface area contributed by atoms with E-state index in [1.807, 2.05) is 0 Å². The minimum atomic E-state index is 1.10. The fourth-order valence-electron chi connectivity index (χ4n) is 4.27. The first kappa shape index (κ1) is 27.2. The average Bonchev–Trinajstić information content (AvgIpc) is 2.77. The van der Waals surface area contributed by atoms with Crippen molar-refractivity contribution >= 4 is 0 Å². The molecule has 0 bridgehead atoms. The molecule has 0 atom stereocenters. The highest BCUT2D eigenvalue weighted by Gasteiger charge is 2.07. The summed E-state index contributed by atoms with van der Waals surface area (Å²) < 4.78 is 0. The third-order valence-electron chi connectivity index (χ3n) is 6.35. The molecule has 0 unspecified atom stereocenters. The second-order valence-electron chi connectivity index (χ2n) is 9.09. The molecule has 1 aromatic carbocycles. The molecule has 0 amide bonds. The quantitative estimate of drug-likeness (QED) is 0.198. The van der Waals surface area contributed by atoms with Gasteiger partial charge in [-0.1, -0.05) is 116 Å². The largest absolute Gasteiger partial charge is 0.299 e. The maximum atomic E-state index is 2.62. The Hall–Kier alpha value is -0.860. The Morgan fingerprint density at radius 1 is 0.533 bits per heavy atom. The van der Waals surface area contributed by atoms with E-state index in [0.29, 0.717) is 0 Å². The van der Waals surface area contributed by atoms with Crippen molar-refractivity contribution in [1.29, 1.82) is 0 Å². The molecule has 0 heterocycles. The van der Waals surface area contributed by atoms with Crippen molar-refractivity contribution in [3.8, 4) is 0 Å². The fraction of sp³-hybridized carbons (Fsp3) is 0.786. The standard InChI is InChI=1S/C28H52N2/c1-5-9-11-13-15-17-22-29(7-3)25-27-20-19-21-28(24-27)26-30(8-4)23-18-16-14-12-10-6-2/h19-21,24H,5-18,22-23,25-26H2,1-4H3. The van der Waals surface area contributed by atoms with Crippen LogP contribution in [0.1, 0.15) is 116 Å². The van der Waals surface area contributed by atoms with Gasteiger partial charge in [0.1, 0.15) is 0 Å². The molecule has 174 valence electrons. The summed E-state index contributed by atoms with van der Waals surface area (Å²) in [6.07, 6.45) is 16.6. The van der Waals surface area contributed by atoms with Gasteiger partial charge >= 0.3 is 0 Å². The van der Waals surface area contributed by atoms with Crippen molar-refractivity contribution < 1.29 is 0 Å². The molecule has 30 heavy (non-hydrogen) atoms. The highest BCUT2D eigenvalue weighted by atomic mass is 15.1. The van der Waals surface area contributed by atoms with E-state index in [4.69, 9.17) is 0 Å². The number of unbranched alkanes of at least 4 members (excludes halogenated alkanes) is 10. The molecule has 1 rings (SSSR count). The van der Waals surface area contributed by atoms with E-state index in [2.05, 4.69) is 61.8 Å². The number of hydrogen-bond acceptors (Lipinski definition) is 2. The Morgan fingerprint density at radius 2 is 0.933 bits per heavy atom. The van der Waals surface area contributed by atoms with Gasteiger partial charge in [-0.3, -0.25) is 9.80 Å². The minimum absolute atomic E-state index is 1.10. The fourth-order valence-corrected chi connectivity index (χ4v) is 4.27. The molecule has 0 aliphatic rings. The zero-order valence-corrected chi connectivity index (χ0v) is 20.9. The summed E-state index contributed by atoms with van der Waals surface area (Å²) in [5.41, 5.74) is 2.96. The van der Waals surface area contributed by atoms with Crippen LogP contribution in [0, 0.1) is 0 Å². The van der Waals surface area contributed by atoms with E-state index >= 15 is 0 Å². The van der Waals surface area contributed by atoms with Crippen molar-refractivity contribution in [3.63, 3.8) is 0 Å². The van der Waals surface area contributed by atoms with E-state index in [9.17, 15) is 0 Å². The zero-order valence-electron chi connectivity index (χ0n) is 20.9. The first-order chi connectivity index (χ1) is 14.7. The molecule has 0 aliphatic heterocycles. The summed E-state index contributed by atoms with van der Waals surface area (Å²) in [4.78, 5) is 5.24. The molecule has 2 nitrogen and oxygen atoms in total. The summed E-state index contributed by atoms with van der Waals surface area (Å²) in [7, 11) is 0. The summed E-state index contributed by atoms with van der Waals surface area (Å²) in [6.45, 7) is 16.2. The third-order valence-corrected chi connectivity index (χ3v) is 6.35. The van der Waals surface area contributed by atoms with E-state index in [0.717, 1.165) is 26.2 Å². The SMILES string of the molecule is CCCCCCCCN(CC)Cc1cccc(CN(CC)CCCCCCCC)c1. The predicted molar refractivity (Wildman–Crippen MR) is 135 cm³/mol. The van der Waals surface area contributed by atoms with Gasteiger partial charge in [0.05, 0.1) is 0 Å². The first-order valence-corrected chi connectivity index (χ1v) is 13.3. The van der Waals surface area contributed by atoms with Crippen LogP contribution in [-0.4, -0.2) is 36.0 Å². The molecular formula is C28H52N2. The first-order valence-electron chi connectivity index (χ1n) is 13.3. The van der Waals surface area contributed by atoms with Gasteiger partial charge in [0.25, 0.3) is 0 Å². The van der Waals surface area contributed by atoms with Crippen molar-refractivity contribution in [2.45, 2.75) is 118 Å². The van der Waals surface area contributed by atoms with Gasteiger partial charge in [0, 0.05) is 13.1 Å². The minimum Gasteiger partial charge on any atom is -0.299 e. The topological polar surface area (TPSA) is 6.48 Å². The zero-order chi connectivity index (χ0) is 21.9. The van der Waals surface area contributed by atoms with E-state index in [-0.39, 0.29) is 0 Å². The van der Waals surface area contributed by atoms with Crippen LogP contribution >= 0.6 is 0 Å². The third kappa shape index (κ3) is 13.4. The Labute approximate surface area is 189 Å². The van der Waals surface area contributed by atoms with Gasteiger partial charge in [-0.25, -0.2) is 0 Å². The Bertz CT molecular complexity index is 458. The van der Waals surface area contributed by atoms with Crippen molar-refractivity contribution in [2.24, 2.45) is 0 Å². The summed E-state index contributed by atoms with van der Waals surface area (Å²) in [5, 5.41) is 0. The van der Waals surface area contributed by atoms with Gasteiger partial charge in [-0.2, -0.15) is 0 Å². The molecule has 0 fully saturated rings. The van der Waals surface area contributed by atoms with Gasteiger partial charge < -0.3 is 0 Å². The van der Waals surface area contributed by atoms with Crippen LogP contribution in [0.3, 0.4) is 0 Å². The normalized spacial score (nSPS) is 11.7. The second-order valence-corrected chi connectivity index (χ2v) is 9.09. The molecule has 1 aromatic rings. The monoisotopic (exact) mass is 416 g/mol. The van der Waals surface area contributed by atoms with Crippen LogP contribution in [0.4, 0.5) is 0 Å². The van der Waals surface area contributed by atoms with E-state index in [1.54, 1.807) is 0 Å². The lowest BCUT2D eigenvalue weighted by Crippen LogP contribution is -2.25. The molecule has 0 saturated heterocycles. The smallest absolute Gasteiger partial charge is 0.0233 e. The maximum absolute atomic E-state index is 2.62. The van der Waals surface area contributed by atoms with E-state index in [1.165, 1.54) is 101 Å². The molecule has 0 aliphatic carbocycles. The van der Waals surface area contributed by atoms with Gasteiger partial charge in [0.2, 0.25) is 0 Å². The van der Waals surface area contributed by atoms with Crippen LogP contribution in [0.25, 0.3) is 0 Å². The number of nitrogens with zero attached hydrogens (tertiary/aromatic N) is 2. The Balaban J connectivity index is 2.38. The number of benzene rings is 1. The highest BCUT2D eigenvalue weighted by molar-refractivity contribution is 5.23. The van der Waals surface area contributed by atoms with Gasteiger partial charge in [-0.05, 0) is 50.1 Å². The Kier molecular flexibility index (Phi) is 17.1. The predicted octanol–water partition coefficient (Wildman–Crippen LogP) is 8.05. The lowest BCUT2D eigenvalue weighted by molar-refractivity contribution is 0.268. The average molecular weight is 417 g/mol. The van der Waals surface area contributed by atoms with Crippen molar-refractivity contribution in [3.05, 3.63) is 35.4 Å². The maximum Gasteiger partial charge on any atom is 0.0233 e. The molecule has 0 spiro atoms.